The Morgan fingerprint density at radius 3 is 1.81 bits per heavy atom. The van der Waals surface area contributed by atoms with Crippen LogP contribution < -0.4 is 9.30 Å². The maximum atomic E-state index is 10.3. The highest BCUT2D eigenvalue weighted by atomic mass is 16.5. The molecule has 0 fully saturated rings. The first-order chi connectivity index (χ1) is 50.1. The third-order valence-corrected chi connectivity index (χ3v) is 16.4. The fourth-order valence-electron chi connectivity index (χ4n) is 12.5. The molecule has 16 rings (SSSR count). The second kappa shape index (κ2) is 19.5. The van der Waals surface area contributed by atoms with Crippen LogP contribution in [0.1, 0.15) is 76.0 Å². The number of hydrogen-bond donors (Lipinski definition) is 0. The van der Waals surface area contributed by atoms with Gasteiger partial charge in [-0.15, -0.1) is 0 Å². The Morgan fingerprint density at radius 1 is 0.488 bits per heavy atom. The van der Waals surface area contributed by atoms with Gasteiger partial charge in [0.25, 0.3) is 6.33 Å². The maximum Gasteiger partial charge on any atom is 0.269 e. The highest BCUT2D eigenvalue weighted by Gasteiger charge is 2.30. The molecule has 0 saturated carbocycles. The molecule has 0 amide bonds. The van der Waals surface area contributed by atoms with Gasteiger partial charge in [-0.05, 0) is 212 Å². The molecule has 0 aliphatic carbocycles. The third-order valence-electron chi connectivity index (χ3n) is 16.4. The van der Waals surface area contributed by atoms with Crippen LogP contribution in [0.25, 0.3) is 139 Å². The highest BCUT2D eigenvalue weighted by Crippen LogP contribution is 2.49. The lowest BCUT2D eigenvalue weighted by Crippen LogP contribution is -2.32. The van der Waals surface area contributed by atoms with Crippen molar-refractivity contribution in [3.05, 3.63) is 271 Å². The molecular formula is C80H60N4O2. The first kappa shape index (κ1) is 34.3. The van der Waals surface area contributed by atoms with Gasteiger partial charge in [0.1, 0.15) is 28.5 Å². The van der Waals surface area contributed by atoms with Gasteiger partial charge in [-0.25, -0.2) is 4.98 Å². The lowest BCUT2D eigenvalue weighted by Gasteiger charge is -2.22. The number of benzene rings is 11. The van der Waals surface area contributed by atoms with Crippen molar-refractivity contribution in [3.8, 4) is 95.5 Å². The van der Waals surface area contributed by atoms with Crippen LogP contribution >= 0.6 is 0 Å². The van der Waals surface area contributed by atoms with Gasteiger partial charge in [-0.2, -0.15) is 0 Å². The number of fused-ring (bicyclic) bond motifs is 13. The normalized spacial score (nSPS) is 16.1. The molecule has 11 aromatic carbocycles. The van der Waals surface area contributed by atoms with Crippen LogP contribution in [0, 0.1) is 33.7 Å². The molecule has 6 heteroatoms. The summed E-state index contributed by atoms with van der Waals surface area (Å²) in [5, 5.41) is 3.16. The Hall–Kier alpha value is -10.6. The van der Waals surface area contributed by atoms with Gasteiger partial charge in [0.05, 0.1) is 44.4 Å². The number of para-hydroxylation sites is 2. The molecule has 1 aliphatic heterocycles. The predicted molar refractivity (Wildman–Crippen MR) is 353 cm³/mol. The van der Waals surface area contributed by atoms with Gasteiger partial charge in [0, 0.05) is 50.3 Å². The lowest BCUT2D eigenvalue weighted by atomic mass is 9.85. The second-order valence-electron chi connectivity index (χ2n) is 22.6. The summed E-state index contributed by atoms with van der Waals surface area (Å²) < 4.78 is 205. The predicted octanol–water partition coefficient (Wildman–Crippen LogP) is 20.7. The van der Waals surface area contributed by atoms with Gasteiger partial charge < -0.3 is 9.15 Å². The van der Waals surface area contributed by atoms with Gasteiger partial charge in [0.2, 0.25) is 0 Å². The van der Waals surface area contributed by atoms with E-state index in [1.54, 1.807) is 69.9 Å². The standard InChI is InChI=1S/C80H60N4O2/c1-48-19-16-20-49(2)76(48)53-40-66(52-33-36-74-67(39-52)65-30-13-15-32-73(65)86-74)78-68(41-53)61-27-10-8-25-59(61)60-26-9-11-28-62(60)69-42-54(77-50(3)21-17-22-51(77)4)43-72-79(69)83(78)47-82(72)56-23-18-24-57(45-56)85-58-34-35-64-63-29-12-14-31-70(63)84(71(64)46-58)75-44-55(37-38-81-75)80(5,6)7/h8-46H,1-7H3/i1D3,2D3,3D3,4D3,8D,9D,10D,11D,25D,26D,27D,28D. The molecule has 0 atom stereocenters. The largest absolute Gasteiger partial charge is 0.458 e. The van der Waals surface area contributed by atoms with Crippen LogP contribution in [0.4, 0.5) is 0 Å². The summed E-state index contributed by atoms with van der Waals surface area (Å²) in [6.45, 7) is -5.56. The zero-order chi connectivity index (χ0) is 75.1. The van der Waals surface area contributed by atoms with Gasteiger partial charge in [-0.1, -0.05) is 160 Å². The summed E-state index contributed by atoms with van der Waals surface area (Å²) in [4.78, 5) is 4.87. The molecular weight excluding hydrogens is 1050 g/mol. The number of rotatable bonds is 7. The molecule has 1 aliphatic rings. The number of nitrogens with zero attached hydrogens (tertiary/aromatic N) is 4. The van der Waals surface area contributed by atoms with Crippen LogP contribution in [0.5, 0.6) is 11.5 Å². The molecule has 4 aromatic heterocycles. The second-order valence-corrected chi connectivity index (χ2v) is 22.6. The molecule has 6 nitrogen and oxygen atoms in total. The van der Waals surface area contributed by atoms with Gasteiger partial charge in [-0.3, -0.25) is 13.7 Å². The summed E-state index contributed by atoms with van der Waals surface area (Å²) in [6.07, 6.45) is 5.38. The first-order valence-electron chi connectivity index (χ1n) is 38.0. The van der Waals surface area contributed by atoms with E-state index in [2.05, 4.69) is 37.7 Å². The Balaban J connectivity index is 1.08. The van der Waals surface area contributed by atoms with Crippen LogP contribution in [-0.4, -0.2) is 14.1 Å². The summed E-state index contributed by atoms with van der Waals surface area (Å²) in [5.41, 5.74) is 0.328. The van der Waals surface area contributed by atoms with Gasteiger partial charge >= 0.3 is 0 Å². The molecule has 412 valence electrons. The van der Waals surface area contributed by atoms with Crippen molar-refractivity contribution in [1.29, 1.82) is 0 Å². The quantitative estimate of drug-likeness (QED) is 0.118. The van der Waals surface area contributed by atoms with Crippen LogP contribution in [0.3, 0.4) is 0 Å². The minimum atomic E-state index is -2.99. The molecule has 0 unspecified atom stereocenters. The fraction of sp³-hybridized carbons (Fsp3) is 0.100. The SMILES string of the molecule is [2H]c1c([2H])c([2H])c2c(c1[2H])-c1cc(-c3c(C([2H])([2H])[2H])cccc3C([2H])([2H])[2H])cc(-c3ccc4oc5ccccc5c4c3)c1-[n+]1[c-]n(-c3cccc(Oc4ccc5c6ccccc6n(-c6cc(C(C)(C)C)ccn6)c5c4)c3)c3cc(-c4c(C([2H])([2H])[2H])cccc4C([2H])([2H])[2H])cc(c31)-c1c([2H])c([2H])c([2H])c([2H])c1-2. The Labute approximate surface area is 528 Å². The lowest BCUT2D eigenvalue weighted by molar-refractivity contribution is -0.570. The van der Waals surface area contributed by atoms with E-state index in [0.717, 1.165) is 27.4 Å². The average molecular weight is 1130 g/mol. The summed E-state index contributed by atoms with van der Waals surface area (Å²) in [5.74, 6) is 1.37. The van der Waals surface area contributed by atoms with E-state index in [4.69, 9.17) is 30.6 Å². The van der Waals surface area contributed by atoms with Crippen molar-refractivity contribution in [2.45, 2.75) is 53.6 Å². The molecule has 0 bridgehead atoms. The minimum absolute atomic E-state index is 0.0227. The minimum Gasteiger partial charge on any atom is -0.458 e. The maximum absolute atomic E-state index is 10.3. The number of ether oxygens (including phenoxy) is 1. The van der Waals surface area contributed by atoms with Crippen LogP contribution in [0.15, 0.2) is 241 Å². The van der Waals surface area contributed by atoms with E-state index in [0.29, 0.717) is 39.1 Å². The van der Waals surface area contributed by atoms with Crippen LogP contribution in [0.2, 0.25) is 0 Å². The molecule has 0 saturated heterocycles. The van der Waals surface area contributed by atoms with Crippen molar-refractivity contribution in [2.24, 2.45) is 0 Å². The molecule has 5 heterocycles. The smallest absolute Gasteiger partial charge is 0.269 e. The van der Waals surface area contributed by atoms with Crippen molar-refractivity contribution in [1.82, 2.24) is 14.1 Å². The van der Waals surface area contributed by atoms with E-state index >= 15 is 0 Å². The summed E-state index contributed by atoms with van der Waals surface area (Å²) >= 11 is 0. The Bertz CT molecular complexity index is 6220. The monoisotopic (exact) mass is 1130 g/mol. The van der Waals surface area contributed by atoms with E-state index < -0.39 is 86.9 Å². The molecule has 0 N–H and O–H groups in total. The van der Waals surface area contributed by atoms with Crippen molar-refractivity contribution >= 4 is 54.8 Å². The van der Waals surface area contributed by atoms with E-state index in [1.165, 1.54) is 48.5 Å². The number of aryl methyl sites for hydroxylation is 4. The van der Waals surface area contributed by atoms with E-state index in [9.17, 15) is 11.0 Å². The molecule has 15 aromatic rings. The number of aromatic nitrogens is 4. The fourth-order valence-corrected chi connectivity index (χ4v) is 12.5. The molecule has 0 radical (unpaired) electrons. The van der Waals surface area contributed by atoms with E-state index in [1.807, 2.05) is 72.8 Å². The van der Waals surface area contributed by atoms with E-state index in [-0.39, 0.29) is 106 Å². The number of imidazole rings is 1. The molecule has 86 heavy (non-hydrogen) atoms. The Kier molecular flexibility index (Phi) is 7.78. The summed E-state index contributed by atoms with van der Waals surface area (Å²) in [6, 6.07) is 44.8. The van der Waals surface area contributed by atoms with Crippen molar-refractivity contribution in [3.63, 3.8) is 0 Å². The Morgan fingerprint density at radius 2 is 1.09 bits per heavy atom. The number of pyridine rings is 1. The van der Waals surface area contributed by atoms with Crippen molar-refractivity contribution in [2.75, 3.05) is 0 Å². The zero-order valence-electron chi connectivity index (χ0n) is 66.5. The highest BCUT2D eigenvalue weighted by molar-refractivity contribution is 6.10. The first-order valence-corrected chi connectivity index (χ1v) is 28.0. The zero-order valence-corrected chi connectivity index (χ0v) is 46.5. The van der Waals surface area contributed by atoms with Crippen LogP contribution in [-0.2, 0) is 5.41 Å². The number of furan rings is 1. The number of hydrogen-bond acceptors (Lipinski definition) is 3. The van der Waals surface area contributed by atoms with Gasteiger partial charge in [0.15, 0.2) is 0 Å². The summed E-state index contributed by atoms with van der Waals surface area (Å²) in [7, 11) is 0. The van der Waals surface area contributed by atoms with Crippen molar-refractivity contribution < 1.29 is 41.1 Å². The third kappa shape index (κ3) is 8.15. The molecule has 0 spiro atoms. The topological polar surface area (TPSA) is 49.0 Å². The average Bonchev–Trinajstić information content (AvgIpc) is 1.48.